The Morgan fingerprint density at radius 1 is 0.907 bits per heavy atom. The van der Waals surface area contributed by atoms with Gasteiger partial charge in [-0.25, -0.2) is 8.42 Å². The van der Waals surface area contributed by atoms with E-state index in [1.807, 2.05) is 68.4 Å². The number of carbonyl (C=O) groups excluding carboxylic acids is 2. The van der Waals surface area contributed by atoms with Crippen molar-refractivity contribution in [3.8, 4) is 11.5 Å². The Hall–Kier alpha value is -4.05. The molecule has 0 spiro atoms. The van der Waals surface area contributed by atoms with E-state index < -0.39 is 16.1 Å². The lowest BCUT2D eigenvalue weighted by molar-refractivity contribution is -0.141. The lowest BCUT2D eigenvalue weighted by Gasteiger charge is -2.33. The summed E-state index contributed by atoms with van der Waals surface area (Å²) < 4.78 is 37.5. The van der Waals surface area contributed by atoms with Crippen molar-refractivity contribution in [3.63, 3.8) is 0 Å². The van der Waals surface area contributed by atoms with E-state index in [1.54, 1.807) is 36.3 Å². The standard InChI is InChI=1S/C33H43N3O6S/c1-6-25(2)34-33(38)30(23-26-14-8-7-9-15-26)35(24-27-16-12-17-28(22-27)41-3)32(37)20-13-21-36(43(5,39)40)29-18-10-11-19-31(29)42-4/h7-12,14-19,22,25,30H,6,13,20-21,23-24H2,1-5H3,(H,34,38)/t25-,30-/m1/s1. The van der Waals surface area contributed by atoms with E-state index in [-0.39, 0.29) is 43.8 Å². The molecule has 0 saturated carbocycles. The summed E-state index contributed by atoms with van der Waals surface area (Å²) in [5.41, 5.74) is 2.15. The third-order valence-corrected chi connectivity index (χ3v) is 8.45. The number of amides is 2. The van der Waals surface area contributed by atoms with E-state index in [9.17, 15) is 18.0 Å². The molecule has 3 rings (SSSR count). The number of rotatable bonds is 16. The highest BCUT2D eigenvalue weighted by molar-refractivity contribution is 7.92. The molecule has 0 bridgehead atoms. The summed E-state index contributed by atoms with van der Waals surface area (Å²) in [6.45, 7) is 4.18. The van der Waals surface area contributed by atoms with Crippen LogP contribution in [-0.2, 0) is 32.6 Å². The number of para-hydroxylation sites is 2. The maximum atomic E-state index is 14.0. The third-order valence-electron chi connectivity index (χ3n) is 7.27. The highest BCUT2D eigenvalue weighted by atomic mass is 32.2. The van der Waals surface area contributed by atoms with Crippen LogP contribution in [0.15, 0.2) is 78.9 Å². The highest BCUT2D eigenvalue weighted by Crippen LogP contribution is 2.30. The first-order chi connectivity index (χ1) is 20.6. The van der Waals surface area contributed by atoms with Crippen molar-refractivity contribution in [2.45, 2.75) is 58.2 Å². The first-order valence-electron chi connectivity index (χ1n) is 14.4. The Morgan fingerprint density at radius 2 is 1.58 bits per heavy atom. The van der Waals surface area contributed by atoms with Gasteiger partial charge in [-0.15, -0.1) is 0 Å². The van der Waals surface area contributed by atoms with Crippen molar-refractivity contribution in [2.24, 2.45) is 0 Å². The van der Waals surface area contributed by atoms with Gasteiger partial charge in [0.25, 0.3) is 0 Å². The fraction of sp³-hybridized carbons (Fsp3) is 0.394. The fourth-order valence-electron chi connectivity index (χ4n) is 4.78. The van der Waals surface area contributed by atoms with Crippen LogP contribution < -0.4 is 19.1 Å². The molecular weight excluding hydrogens is 566 g/mol. The van der Waals surface area contributed by atoms with Gasteiger partial charge in [0.2, 0.25) is 21.8 Å². The maximum absolute atomic E-state index is 14.0. The number of hydrogen-bond acceptors (Lipinski definition) is 6. The molecule has 10 heteroatoms. The van der Waals surface area contributed by atoms with Crippen LogP contribution >= 0.6 is 0 Å². The number of sulfonamides is 1. The number of nitrogens with one attached hydrogen (secondary N) is 1. The molecule has 3 aromatic carbocycles. The molecule has 43 heavy (non-hydrogen) atoms. The quantitative estimate of drug-likeness (QED) is 0.250. The SMILES string of the molecule is CC[C@@H](C)NC(=O)[C@@H](Cc1ccccc1)N(Cc1cccc(OC)c1)C(=O)CCCN(c1ccccc1OC)S(C)(=O)=O. The van der Waals surface area contributed by atoms with Crippen LogP contribution in [0.5, 0.6) is 11.5 Å². The molecule has 0 aromatic heterocycles. The molecule has 1 N–H and O–H groups in total. The van der Waals surface area contributed by atoms with Gasteiger partial charge in [-0.05, 0) is 55.2 Å². The maximum Gasteiger partial charge on any atom is 0.243 e. The number of ether oxygens (including phenoxy) is 2. The number of hydrogen-bond donors (Lipinski definition) is 1. The van der Waals surface area contributed by atoms with Gasteiger partial charge < -0.3 is 19.7 Å². The number of benzene rings is 3. The molecule has 0 fully saturated rings. The second kappa shape index (κ2) is 16.0. The summed E-state index contributed by atoms with van der Waals surface area (Å²) in [5, 5.41) is 3.06. The molecule has 0 heterocycles. The summed E-state index contributed by atoms with van der Waals surface area (Å²) in [6.07, 6.45) is 2.48. The van der Waals surface area contributed by atoms with E-state index in [4.69, 9.17) is 9.47 Å². The van der Waals surface area contributed by atoms with Gasteiger partial charge in [0.05, 0.1) is 26.2 Å². The van der Waals surface area contributed by atoms with Crippen molar-refractivity contribution in [3.05, 3.63) is 90.0 Å². The van der Waals surface area contributed by atoms with Crippen LogP contribution in [0, 0.1) is 0 Å². The Balaban J connectivity index is 1.92. The van der Waals surface area contributed by atoms with Gasteiger partial charge in [-0.2, -0.15) is 0 Å². The molecular formula is C33H43N3O6S. The molecule has 0 radical (unpaired) electrons. The van der Waals surface area contributed by atoms with E-state index in [0.29, 0.717) is 23.6 Å². The van der Waals surface area contributed by atoms with Crippen molar-refractivity contribution < 1.29 is 27.5 Å². The number of nitrogens with zero attached hydrogens (tertiary/aromatic N) is 2. The second-order valence-electron chi connectivity index (χ2n) is 10.5. The smallest absolute Gasteiger partial charge is 0.243 e. The second-order valence-corrected chi connectivity index (χ2v) is 12.4. The molecule has 0 unspecified atom stereocenters. The summed E-state index contributed by atoms with van der Waals surface area (Å²) in [4.78, 5) is 29.3. The molecule has 0 saturated heterocycles. The summed E-state index contributed by atoms with van der Waals surface area (Å²) >= 11 is 0. The van der Waals surface area contributed by atoms with Gasteiger partial charge in [0.15, 0.2) is 0 Å². The highest BCUT2D eigenvalue weighted by Gasteiger charge is 2.31. The molecule has 232 valence electrons. The number of methoxy groups -OCH3 is 2. The zero-order valence-corrected chi connectivity index (χ0v) is 26.5. The third kappa shape index (κ3) is 9.74. The topological polar surface area (TPSA) is 105 Å². The Kier molecular flexibility index (Phi) is 12.4. The molecule has 2 amide bonds. The summed E-state index contributed by atoms with van der Waals surface area (Å²) in [6, 6.07) is 23.0. The van der Waals surface area contributed by atoms with E-state index in [1.165, 1.54) is 11.4 Å². The molecule has 2 atom stereocenters. The molecule has 3 aromatic rings. The van der Waals surface area contributed by atoms with Crippen LogP contribution in [0.25, 0.3) is 0 Å². The lowest BCUT2D eigenvalue weighted by atomic mass is 10.0. The molecule has 9 nitrogen and oxygen atoms in total. The minimum absolute atomic E-state index is 0.0348. The van der Waals surface area contributed by atoms with E-state index in [0.717, 1.165) is 23.8 Å². The minimum atomic E-state index is -3.66. The zero-order chi connectivity index (χ0) is 31.4. The van der Waals surface area contributed by atoms with Gasteiger partial charge in [-0.1, -0.05) is 61.5 Å². The van der Waals surface area contributed by atoms with Gasteiger partial charge in [-0.3, -0.25) is 13.9 Å². The lowest BCUT2D eigenvalue weighted by Crippen LogP contribution is -2.52. The predicted molar refractivity (Wildman–Crippen MR) is 170 cm³/mol. The van der Waals surface area contributed by atoms with Crippen molar-refractivity contribution in [1.82, 2.24) is 10.2 Å². The molecule has 0 aliphatic carbocycles. The predicted octanol–water partition coefficient (Wildman–Crippen LogP) is 4.80. The van der Waals surface area contributed by atoms with Crippen molar-refractivity contribution >= 4 is 27.5 Å². The van der Waals surface area contributed by atoms with Crippen LogP contribution in [0.2, 0.25) is 0 Å². The fourth-order valence-corrected chi connectivity index (χ4v) is 5.75. The Morgan fingerprint density at radius 3 is 2.23 bits per heavy atom. The average Bonchev–Trinajstić information content (AvgIpc) is 3.00. The van der Waals surface area contributed by atoms with E-state index >= 15 is 0 Å². The zero-order valence-electron chi connectivity index (χ0n) is 25.7. The largest absolute Gasteiger partial charge is 0.497 e. The van der Waals surface area contributed by atoms with Crippen LogP contribution in [0.3, 0.4) is 0 Å². The minimum Gasteiger partial charge on any atom is -0.497 e. The average molecular weight is 610 g/mol. The molecule has 0 aliphatic rings. The van der Waals surface area contributed by atoms with Gasteiger partial charge in [0.1, 0.15) is 17.5 Å². The Bertz CT molecular complexity index is 1450. The molecule has 0 aliphatic heterocycles. The van der Waals surface area contributed by atoms with Crippen molar-refractivity contribution in [2.75, 3.05) is 31.3 Å². The summed E-state index contributed by atoms with van der Waals surface area (Å²) in [5.74, 6) is 0.579. The Labute approximate surface area is 255 Å². The first kappa shape index (κ1) is 33.5. The van der Waals surface area contributed by atoms with Crippen LogP contribution in [0.4, 0.5) is 5.69 Å². The van der Waals surface area contributed by atoms with Gasteiger partial charge >= 0.3 is 0 Å². The first-order valence-corrected chi connectivity index (χ1v) is 16.3. The van der Waals surface area contributed by atoms with Crippen LogP contribution in [0.1, 0.15) is 44.2 Å². The number of carbonyl (C=O) groups is 2. The monoisotopic (exact) mass is 609 g/mol. The normalized spacial score (nSPS) is 12.6. The number of anilines is 1. The van der Waals surface area contributed by atoms with E-state index in [2.05, 4.69) is 5.32 Å². The van der Waals surface area contributed by atoms with Gasteiger partial charge in [0, 0.05) is 32.0 Å². The summed E-state index contributed by atoms with van der Waals surface area (Å²) in [7, 11) is -0.600. The van der Waals surface area contributed by atoms with Crippen LogP contribution in [-0.4, -0.2) is 64.2 Å². The van der Waals surface area contributed by atoms with Crippen molar-refractivity contribution in [1.29, 1.82) is 0 Å².